The number of nitrogens with zero attached hydrogens (tertiary/aromatic N) is 1. The Morgan fingerprint density at radius 3 is 2.59 bits per heavy atom. The molecule has 1 aromatic heterocycles. The van der Waals surface area contributed by atoms with Gasteiger partial charge in [0.25, 0.3) is 0 Å². The molecule has 2 rings (SSSR count). The zero-order valence-electron chi connectivity index (χ0n) is 12.4. The van der Waals surface area contributed by atoms with Crippen LogP contribution in [-0.4, -0.2) is 48.2 Å². The van der Waals surface area contributed by atoms with Gasteiger partial charge in [-0.1, -0.05) is 6.07 Å². The summed E-state index contributed by atoms with van der Waals surface area (Å²) in [5.41, 5.74) is 5.17. The van der Waals surface area contributed by atoms with E-state index in [2.05, 4.69) is 5.32 Å². The molecule has 0 bridgehead atoms. The molecule has 1 fully saturated rings. The molecule has 0 saturated carbocycles. The second-order valence-electron chi connectivity index (χ2n) is 5.48. The normalized spacial score (nSPS) is 16.4. The minimum Gasteiger partial charge on any atom is -0.369 e. The predicted molar refractivity (Wildman–Crippen MR) is 84.7 cm³/mol. The van der Waals surface area contributed by atoms with E-state index in [1.807, 2.05) is 16.3 Å². The van der Waals surface area contributed by atoms with Crippen molar-refractivity contribution in [1.82, 2.24) is 10.2 Å². The van der Waals surface area contributed by atoms with Gasteiger partial charge in [0.2, 0.25) is 11.8 Å². The van der Waals surface area contributed by atoms with Gasteiger partial charge in [0, 0.05) is 32.0 Å². The molecule has 7 heteroatoms. The van der Waals surface area contributed by atoms with Gasteiger partial charge >= 0.3 is 0 Å². The van der Waals surface area contributed by atoms with Crippen molar-refractivity contribution in [2.75, 3.05) is 19.6 Å². The van der Waals surface area contributed by atoms with Gasteiger partial charge in [0.05, 0.1) is 11.4 Å². The van der Waals surface area contributed by atoms with Crippen molar-refractivity contribution < 1.29 is 14.4 Å². The Kier molecular flexibility index (Phi) is 6.09. The number of thiophene rings is 1. The summed E-state index contributed by atoms with van der Waals surface area (Å²) in [7, 11) is 0. The lowest BCUT2D eigenvalue weighted by Gasteiger charge is -2.31. The van der Waals surface area contributed by atoms with Gasteiger partial charge in [0.15, 0.2) is 5.78 Å². The van der Waals surface area contributed by atoms with Crippen molar-refractivity contribution in [3.63, 3.8) is 0 Å². The SMILES string of the molecule is NC(=O)CN1CCC(NC(=O)CCC(=O)c2cccs2)CC1. The molecule has 1 saturated heterocycles. The summed E-state index contributed by atoms with van der Waals surface area (Å²) in [5.74, 6) is -0.394. The molecule has 1 aromatic rings. The number of nitrogens with one attached hydrogen (secondary N) is 1. The van der Waals surface area contributed by atoms with E-state index < -0.39 is 0 Å². The maximum atomic E-state index is 11.9. The summed E-state index contributed by atoms with van der Waals surface area (Å²) < 4.78 is 0. The Morgan fingerprint density at radius 2 is 2.00 bits per heavy atom. The first kappa shape index (κ1) is 16.6. The van der Waals surface area contributed by atoms with E-state index in [1.54, 1.807) is 6.07 Å². The fourth-order valence-corrected chi connectivity index (χ4v) is 3.24. The fourth-order valence-electron chi connectivity index (χ4n) is 2.54. The molecule has 120 valence electrons. The third kappa shape index (κ3) is 5.23. The molecule has 1 aliphatic rings. The van der Waals surface area contributed by atoms with Gasteiger partial charge in [0.1, 0.15) is 0 Å². The molecule has 0 spiro atoms. The van der Waals surface area contributed by atoms with Crippen LogP contribution in [0.3, 0.4) is 0 Å². The molecule has 3 N–H and O–H groups in total. The van der Waals surface area contributed by atoms with E-state index in [1.165, 1.54) is 11.3 Å². The van der Waals surface area contributed by atoms with E-state index in [0.717, 1.165) is 25.9 Å². The fraction of sp³-hybridized carbons (Fsp3) is 0.533. The van der Waals surface area contributed by atoms with Crippen molar-refractivity contribution in [3.05, 3.63) is 22.4 Å². The zero-order chi connectivity index (χ0) is 15.9. The first-order valence-electron chi connectivity index (χ1n) is 7.41. The quantitative estimate of drug-likeness (QED) is 0.725. The number of likely N-dealkylation sites (tertiary alicyclic amines) is 1. The number of primary amides is 1. The lowest BCUT2D eigenvalue weighted by Crippen LogP contribution is -2.46. The molecule has 22 heavy (non-hydrogen) atoms. The Hall–Kier alpha value is -1.73. The van der Waals surface area contributed by atoms with Crippen LogP contribution < -0.4 is 11.1 Å². The summed E-state index contributed by atoms with van der Waals surface area (Å²) >= 11 is 1.40. The number of carbonyl (C=O) groups excluding carboxylic acids is 3. The van der Waals surface area contributed by atoms with Crippen LogP contribution >= 0.6 is 11.3 Å². The topological polar surface area (TPSA) is 92.5 Å². The molecule has 0 aromatic carbocycles. The van der Waals surface area contributed by atoms with E-state index in [0.29, 0.717) is 4.88 Å². The number of amides is 2. The first-order valence-corrected chi connectivity index (χ1v) is 8.29. The van der Waals surface area contributed by atoms with E-state index in [-0.39, 0.29) is 43.0 Å². The number of nitrogens with two attached hydrogens (primary N) is 1. The second-order valence-corrected chi connectivity index (χ2v) is 6.43. The number of hydrogen-bond donors (Lipinski definition) is 2. The van der Waals surface area contributed by atoms with Crippen LogP contribution in [0.4, 0.5) is 0 Å². The van der Waals surface area contributed by atoms with Crippen molar-refractivity contribution in [2.45, 2.75) is 31.7 Å². The molecular weight excluding hydrogens is 302 g/mol. The lowest BCUT2D eigenvalue weighted by molar-refractivity contribution is -0.123. The third-order valence-corrected chi connectivity index (χ3v) is 4.62. The highest BCUT2D eigenvalue weighted by atomic mass is 32.1. The molecule has 0 unspecified atom stereocenters. The summed E-state index contributed by atoms with van der Waals surface area (Å²) in [6.07, 6.45) is 2.07. The first-order chi connectivity index (χ1) is 10.5. The van der Waals surface area contributed by atoms with Crippen LogP contribution in [0, 0.1) is 0 Å². The van der Waals surface area contributed by atoms with Gasteiger partial charge in [-0.2, -0.15) is 0 Å². The average molecular weight is 323 g/mol. The highest BCUT2D eigenvalue weighted by Gasteiger charge is 2.21. The number of hydrogen-bond acceptors (Lipinski definition) is 5. The standard InChI is InChI=1S/C15H21N3O3S/c16-14(20)10-18-7-5-11(6-8-18)17-15(21)4-3-12(19)13-2-1-9-22-13/h1-2,9,11H,3-8,10H2,(H2,16,20)(H,17,21). The van der Waals surface area contributed by atoms with Crippen molar-refractivity contribution in [1.29, 1.82) is 0 Å². The summed E-state index contributed by atoms with van der Waals surface area (Å²) in [4.78, 5) is 37.3. The number of piperidine rings is 1. The Balaban J connectivity index is 1.66. The van der Waals surface area contributed by atoms with Crippen LogP contribution in [0.5, 0.6) is 0 Å². The van der Waals surface area contributed by atoms with Crippen molar-refractivity contribution in [3.8, 4) is 0 Å². The number of Topliss-reactive ketones (excluding diaryl/α,β-unsaturated/α-hetero) is 1. The Bertz CT molecular complexity index is 522. The predicted octanol–water partition coefficient (Wildman–Crippen LogP) is 0.777. The van der Waals surface area contributed by atoms with Crippen LogP contribution in [0.25, 0.3) is 0 Å². The third-order valence-electron chi connectivity index (χ3n) is 3.71. The summed E-state index contributed by atoms with van der Waals surface area (Å²) in [6.45, 7) is 1.78. The Morgan fingerprint density at radius 1 is 1.27 bits per heavy atom. The average Bonchev–Trinajstić information content (AvgIpc) is 3.00. The monoisotopic (exact) mass is 323 g/mol. The van der Waals surface area contributed by atoms with Gasteiger partial charge < -0.3 is 11.1 Å². The number of ketones is 1. The van der Waals surface area contributed by atoms with Gasteiger partial charge in [-0.3, -0.25) is 19.3 Å². The lowest BCUT2D eigenvalue weighted by atomic mass is 10.0. The molecule has 0 atom stereocenters. The highest BCUT2D eigenvalue weighted by Crippen LogP contribution is 2.13. The summed E-state index contributed by atoms with van der Waals surface area (Å²) in [5, 5.41) is 4.82. The van der Waals surface area contributed by atoms with Crippen LogP contribution in [0.1, 0.15) is 35.4 Å². The molecule has 0 radical (unpaired) electrons. The van der Waals surface area contributed by atoms with Gasteiger partial charge in [-0.25, -0.2) is 0 Å². The molecular formula is C15H21N3O3S. The van der Waals surface area contributed by atoms with E-state index in [4.69, 9.17) is 5.73 Å². The van der Waals surface area contributed by atoms with E-state index >= 15 is 0 Å². The largest absolute Gasteiger partial charge is 0.369 e. The number of rotatable bonds is 7. The molecule has 6 nitrogen and oxygen atoms in total. The molecule has 0 aliphatic carbocycles. The van der Waals surface area contributed by atoms with Crippen LogP contribution in [0.15, 0.2) is 17.5 Å². The maximum absolute atomic E-state index is 11.9. The van der Waals surface area contributed by atoms with E-state index in [9.17, 15) is 14.4 Å². The van der Waals surface area contributed by atoms with Crippen LogP contribution in [0.2, 0.25) is 0 Å². The van der Waals surface area contributed by atoms with Crippen molar-refractivity contribution >= 4 is 28.9 Å². The van der Waals surface area contributed by atoms with Gasteiger partial charge in [-0.05, 0) is 24.3 Å². The minimum absolute atomic E-state index is 0.0152. The number of carbonyl (C=O) groups is 3. The summed E-state index contributed by atoms with van der Waals surface area (Å²) in [6, 6.07) is 3.73. The van der Waals surface area contributed by atoms with Gasteiger partial charge in [-0.15, -0.1) is 11.3 Å². The maximum Gasteiger partial charge on any atom is 0.231 e. The minimum atomic E-state index is -0.324. The second kappa shape index (κ2) is 8.05. The molecule has 2 amide bonds. The van der Waals surface area contributed by atoms with Crippen LogP contribution in [-0.2, 0) is 9.59 Å². The smallest absolute Gasteiger partial charge is 0.231 e. The molecule has 1 aliphatic heterocycles. The zero-order valence-corrected chi connectivity index (χ0v) is 13.2. The molecule has 2 heterocycles. The van der Waals surface area contributed by atoms with Crippen molar-refractivity contribution in [2.24, 2.45) is 5.73 Å². The Labute approximate surface area is 133 Å². The highest BCUT2D eigenvalue weighted by molar-refractivity contribution is 7.12.